The summed E-state index contributed by atoms with van der Waals surface area (Å²) in [7, 11) is 1.62. The molecule has 172 valence electrons. The van der Waals surface area contributed by atoms with Gasteiger partial charge in [0.25, 0.3) is 5.91 Å². The Kier molecular flexibility index (Phi) is 7.99. The molecule has 0 fully saturated rings. The smallest absolute Gasteiger partial charge is 0.250 e. The maximum Gasteiger partial charge on any atom is 0.250 e. The predicted octanol–water partition coefficient (Wildman–Crippen LogP) is 5.60. The maximum atomic E-state index is 12.4. The molecule has 0 saturated heterocycles. The lowest BCUT2D eigenvalue weighted by Crippen LogP contribution is -2.20. The number of hydrogen-bond acceptors (Lipinski definition) is 6. The largest absolute Gasteiger partial charge is 0.497 e. The molecule has 0 bridgehead atoms. The molecule has 0 spiro atoms. The van der Waals surface area contributed by atoms with Gasteiger partial charge in [-0.25, -0.2) is 5.43 Å². The number of aromatic nitrogens is 3. The molecule has 0 radical (unpaired) electrons. The Bertz CT molecular complexity index is 1310. The molecule has 4 aromatic rings. The number of methoxy groups -OCH3 is 1. The summed E-state index contributed by atoms with van der Waals surface area (Å²) in [4.78, 5) is 12.4. The summed E-state index contributed by atoms with van der Waals surface area (Å²) in [6, 6.07) is 22.5. The number of hydrazone groups is 1. The van der Waals surface area contributed by atoms with Crippen molar-refractivity contribution in [2.45, 2.75) is 5.16 Å². The normalized spacial score (nSPS) is 11.0. The van der Waals surface area contributed by atoms with Gasteiger partial charge in [-0.1, -0.05) is 57.5 Å². The van der Waals surface area contributed by atoms with Gasteiger partial charge in [0.2, 0.25) is 0 Å². The highest BCUT2D eigenvalue weighted by Crippen LogP contribution is 2.29. The van der Waals surface area contributed by atoms with E-state index in [1.54, 1.807) is 25.5 Å². The minimum absolute atomic E-state index is 0.113. The number of nitrogens with zero attached hydrogens (tertiary/aromatic N) is 4. The van der Waals surface area contributed by atoms with E-state index in [2.05, 4.69) is 36.7 Å². The Morgan fingerprint density at radius 3 is 2.56 bits per heavy atom. The van der Waals surface area contributed by atoms with Crippen LogP contribution >= 0.6 is 39.3 Å². The first kappa shape index (κ1) is 24.0. The molecule has 7 nitrogen and oxygen atoms in total. The minimum atomic E-state index is -0.259. The number of amides is 1. The minimum Gasteiger partial charge on any atom is -0.497 e. The number of halogens is 2. The van der Waals surface area contributed by atoms with E-state index >= 15 is 0 Å². The highest BCUT2D eigenvalue weighted by molar-refractivity contribution is 9.10. The van der Waals surface area contributed by atoms with Crippen molar-refractivity contribution in [3.8, 4) is 22.8 Å². The molecule has 4 rings (SSSR count). The van der Waals surface area contributed by atoms with Crippen LogP contribution in [0.5, 0.6) is 5.75 Å². The third-order valence-electron chi connectivity index (χ3n) is 4.70. The topological polar surface area (TPSA) is 81.4 Å². The van der Waals surface area contributed by atoms with Crippen molar-refractivity contribution in [3.05, 3.63) is 87.9 Å². The monoisotopic (exact) mass is 555 g/mol. The number of thioether (sulfide) groups is 1. The third kappa shape index (κ3) is 5.85. The van der Waals surface area contributed by atoms with Gasteiger partial charge in [0.15, 0.2) is 11.0 Å². The lowest BCUT2D eigenvalue weighted by atomic mass is 10.2. The van der Waals surface area contributed by atoms with Crippen molar-refractivity contribution >= 4 is 51.4 Å². The number of benzene rings is 3. The summed E-state index contributed by atoms with van der Waals surface area (Å²) in [5.41, 5.74) is 5.10. The molecule has 3 aromatic carbocycles. The molecule has 1 heterocycles. The quantitative estimate of drug-likeness (QED) is 0.174. The van der Waals surface area contributed by atoms with Crippen LogP contribution in [0.15, 0.2) is 87.5 Å². The third-order valence-corrected chi connectivity index (χ3v) is 6.60. The molecular weight excluding hydrogens is 538 g/mol. The highest BCUT2D eigenvalue weighted by Gasteiger charge is 2.17. The first-order chi connectivity index (χ1) is 16.5. The van der Waals surface area contributed by atoms with Gasteiger partial charge < -0.3 is 4.74 Å². The van der Waals surface area contributed by atoms with Crippen LogP contribution in [-0.2, 0) is 4.79 Å². The Morgan fingerprint density at radius 2 is 1.85 bits per heavy atom. The number of rotatable bonds is 8. The molecule has 1 aromatic heterocycles. The molecule has 0 saturated carbocycles. The average molecular weight is 557 g/mol. The van der Waals surface area contributed by atoms with Gasteiger partial charge in [-0.15, -0.1) is 10.2 Å². The van der Waals surface area contributed by atoms with E-state index in [0.29, 0.717) is 16.0 Å². The fourth-order valence-electron chi connectivity index (χ4n) is 3.03. The standard InChI is InChI=1S/C24H19BrClN5O2S/c1-33-20-12-6-16(7-13-20)23-29-30-24(31(23)19-10-8-18(26)9-11-19)34-15-22(32)28-27-14-17-4-2-3-5-21(17)25/h2-14H,15H2,1H3,(H,28,32)/b27-14-. The predicted molar refractivity (Wildman–Crippen MR) is 139 cm³/mol. The summed E-state index contributed by atoms with van der Waals surface area (Å²) < 4.78 is 8.03. The van der Waals surface area contributed by atoms with E-state index in [1.165, 1.54) is 11.8 Å². The Labute approximate surface area is 214 Å². The summed E-state index contributed by atoms with van der Waals surface area (Å²) >= 11 is 10.8. The van der Waals surface area contributed by atoms with Gasteiger partial charge in [-0.3, -0.25) is 9.36 Å². The van der Waals surface area contributed by atoms with Crippen molar-refractivity contribution in [3.63, 3.8) is 0 Å². The van der Waals surface area contributed by atoms with Crippen LogP contribution in [0.2, 0.25) is 5.02 Å². The first-order valence-corrected chi connectivity index (χ1v) is 12.3. The van der Waals surface area contributed by atoms with Crippen LogP contribution in [0.4, 0.5) is 0 Å². The number of ether oxygens (including phenoxy) is 1. The van der Waals surface area contributed by atoms with Crippen molar-refractivity contribution in [1.29, 1.82) is 0 Å². The average Bonchev–Trinajstić information content (AvgIpc) is 3.28. The van der Waals surface area contributed by atoms with Gasteiger partial charge in [0.05, 0.1) is 19.1 Å². The van der Waals surface area contributed by atoms with E-state index in [9.17, 15) is 4.79 Å². The van der Waals surface area contributed by atoms with Gasteiger partial charge >= 0.3 is 0 Å². The molecule has 34 heavy (non-hydrogen) atoms. The summed E-state index contributed by atoms with van der Waals surface area (Å²) in [6.07, 6.45) is 1.59. The molecular formula is C24H19BrClN5O2S. The van der Waals surface area contributed by atoms with E-state index in [4.69, 9.17) is 16.3 Å². The first-order valence-electron chi connectivity index (χ1n) is 10.1. The van der Waals surface area contributed by atoms with Gasteiger partial charge in [-0.2, -0.15) is 5.10 Å². The fraction of sp³-hybridized carbons (Fsp3) is 0.0833. The van der Waals surface area contributed by atoms with E-state index < -0.39 is 0 Å². The van der Waals surface area contributed by atoms with Crippen molar-refractivity contribution in [2.24, 2.45) is 5.10 Å². The van der Waals surface area contributed by atoms with Crippen LogP contribution in [0.25, 0.3) is 17.1 Å². The summed E-state index contributed by atoms with van der Waals surface area (Å²) in [5.74, 6) is 1.24. The number of nitrogens with one attached hydrogen (secondary N) is 1. The van der Waals surface area contributed by atoms with Crippen LogP contribution < -0.4 is 10.2 Å². The van der Waals surface area contributed by atoms with Crippen LogP contribution in [-0.4, -0.2) is 39.7 Å². The maximum absolute atomic E-state index is 12.4. The van der Waals surface area contributed by atoms with Crippen molar-refractivity contribution < 1.29 is 9.53 Å². The van der Waals surface area contributed by atoms with E-state index in [0.717, 1.165) is 27.0 Å². The lowest BCUT2D eigenvalue weighted by Gasteiger charge is -2.11. The zero-order valence-electron chi connectivity index (χ0n) is 18.0. The molecule has 0 unspecified atom stereocenters. The fourth-order valence-corrected chi connectivity index (χ4v) is 4.29. The van der Waals surface area contributed by atoms with Crippen molar-refractivity contribution in [1.82, 2.24) is 20.2 Å². The summed E-state index contributed by atoms with van der Waals surface area (Å²) in [6.45, 7) is 0. The molecule has 0 aliphatic heterocycles. The van der Waals surface area contributed by atoms with Gasteiger partial charge in [-0.05, 0) is 54.6 Å². The Morgan fingerprint density at radius 1 is 1.12 bits per heavy atom. The van der Waals surface area contributed by atoms with Crippen LogP contribution in [0.1, 0.15) is 5.56 Å². The van der Waals surface area contributed by atoms with E-state index in [1.807, 2.05) is 65.2 Å². The number of carbonyl (C=O) groups is 1. The van der Waals surface area contributed by atoms with Crippen LogP contribution in [0.3, 0.4) is 0 Å². The van der Waals surface area contributed by atoms with Gasteiger partial charge in [0, 0.05) is 26.3 Å². The number of hydrogen-bond donors (Lipinski definition) is 1. The second kappa shape index (κ2) is 11.3. The second-order valence-corrected chi connectivity index (χ2v) is 9.18. The lowest BCUT2D eigenvalue weighted by molar-refractivity contribution is -0.118. The Balaban J connectivity index is 1.53. The van der Waals surface area contributed by atoms with Gasteiger partial charge in [0.1, 0.15) is 5.75 Å². The number of carbonyl (C=O) groups excluding carboxylic acids is 1. The van der Waals surface area contributed by atoms with E-state index in [-0.39, 0.29) is 11.7 Å². The molecule has 0 aliphatic rings. The molecule has 0 aliphatic carbocycles. The van der Waals surface area contributed by atoms with Crippen molar-refractivity contribution in [2.75, 3.05) is 12.9 Å². The Hall–Kier alpha value is -3.14. The zero-order chi connectivity index (χ0) is 23.9. The van der Waals surface area contributed by atoms with Crippen LogP contribution in [0, 0.1) is 0 Å². The summed E-state index contributed by atoms with van der Waals surface area (Å²) in [5, 5.41) is 13.9. The zero-order valence-corrected chi connectivity index (χ0v) is 21.1. The molecule has 1 amide bonds. The SMILES string of the molecule is COc1ccc(-c2nnc(SCC(=O)N/N=C\c3ccccc3Br)n2-c2ccc(Cl)cc2)cc1. The molecule has 10 heteroatoms. The second-order valence-electron chi connectivity index (χ2n) is 6.95. The molecule has 0 atom stereocenters. The molecule has 1 N–H and O–H groups in total. The highest BCUT2D eigenvalue weighted by atomic mass is 79.9.